The van der Waals surface area contributed by atoms with Gasteiger partial charge in [0.05, 0.1) is 4.48 Å². The maximum absolute atomic E-state index is 14.2. The average Bonchev–Trinajstić information content (AvgIpc) is 2.62. The van der Waals surface area contributed by atoms with Crippen LogP contribution < -0.4 is 4.74 Å². The summed E-state index contributed by atoms with van der Waals surface area (Å²) in [5.41, 5.74) is 2.65. The summed E-state index contributed by atoms with van der Waals surface area (Å²) in [6.45, 7) is 5.97. The molecule has 0 spiro atoms. The lowest BCUT2D eigenvalue weighted by Crippen LogP contribution is -2.14. The van der Waals surface area contributed by atoms with Crippen LogP contribution in [0.3, 0.4) is 0 Å². The summed E-state index contributed by atoms with van der Waals surface area (Å²) >= 11 is 3.47. The van der Waals surface area contributed by atoms with Gasteiger partial charge in [0.1, 0.15) is 24.3 Å². The van der Waals surface area contributed by atoms with Gasteiger partial charge in [-0.2, -0.15) is 0 Å². The standard InChI is InChI=1S/C20H24BrFO3/c1-4-13-8-7-9-18(25-20(23)6-3)15(13)12-24-19-11-17(22)14(5-2)10-16(19)21/h7-10,17H,4-6,11-12H2,1-3H3. The highest BCUT2D eigenvalue weighted by Gasteiger charge is 2.23. The Labute approximate surface area is 157 Å². The molecule has 0 aromatic heterocycles. The predicted octanol–water partition coefficient (Wildman–Crippen LogP) is 5.77. The normalized spacial score (nSPS) is 17.3. The molecule has 3 nitrogen and oxygen atoms in total. The number of alkyl halides is 1. The molecule has 0 amide bonds. The molecular formula is C20H24BrFO3. The molecule has 136 valence electrons. The first-order chi connectivity index (χ1) is 12.0. The van der Waals surface area contributed by atoms with E-state index in [-0.39, 0.29) is 19.0 Å². The Bertz CT molecular complexity index is 694. The molecule has 0 saturated carbocycles. The van der Waals surface area contributed by atoms with E-state index >= 15 is 0 Å². The lowest BCUT2D eigenvalue weighted by molar-refractivity contribution is -0.134. The molecule has 5 heteroatoms. The Morgan fingerprint density at radius 3 is 2.68 bits per heavy atom. The molecule has 25 heavy (non-hydrogen) atoms. The zero-order valence-corrected chi connectivity index (χ0v) is 16.5. The van der Waals surface area contributed by atoms with Gasteiger partial charge >= 0.3 is 5.97 Å². The first-order valence-electron chi connectivity index (χ1n) is 8.67. The van der Waals surface area contributed by atoms with E-state index < -0.39 is 6.17 Å². The largest absolute Gasteiger partial charge is 0.492 e. The third-order valence-electron chi connectivity index (χ3n) is 4.27. The van der Waals surface area contributed by atoms with Crippen molar-refractivity contribution in [3.8, 4) is 5.75 Å². The SMILES string of the molecule is CCC(=O)Oc1cccc(CC)c1COC1=C(Br)C=C(CC)C(F)C1. The number of hydrogen-bond acceptors (Lipinski definition) is 3. The molecule has 1 aromatic rings. The summed E-state index contributed by atoms with van der Waals surface area (Å²) in [6, 6.07) is 5.62. The topological polar surface area (TPSA) is 35.5 Å². The van der Waals surface area contributed by atoms with Crippen molar-refractivity contribution in [1.29, 1.82) is 0 Å². The van der Waals surface area contributed by atoms with Crippen LogP contribution in [0.2, 0.25) is 0 Å². The molecule has 0 fully saturated rings. The Morgan fingerprint density at radius 1 is 1.28 bits per heavy atom. The fourth-order valence-electron chi connectivity index (χ4n) is 2.73. The molecule has 0 bridgehead atoms. The number of allylic oxidation sites excluding steroid dienone is 4. The van der Waals surface area contributed by atoms with E-state index in [2.05, 4.69) is 15.9 Å². The predicted molar refractivity (Wildman–Crippen MR) is 100 cm³/mol. The van der Waals surface area contributed by atoms with Gasteiger partial charge in [0.25, 0.3) is 0 Å². The number of halogens is 2. The number of ether oxygens (including phenoxy) is 2. The average molecular weight is 411 g/mol. The molecule has 0 heterocycles. The van der Waals surface area contributed by atoms with Crippen LogP contribution >= 0.6 is 15.9 Å². The molecule has 0 radical (unpaired) electrons. The second kappa shape index (κ2) is 9.18. The van der Waals surface area contributed by atoms with Crippen molar-refractivity contribution >= 4 is 21.9 Å². The fraction of sp³-hybridized carbons (Fsp3) is 0.450. The number of benzene rings is 1. The van der Waals surface area contributed by atoms with Crippen molar-refractivity contribution in [2.75, 3.05) is 0 Å². The smallest absolute Gasteiger partial charge is 0.310 e. The van der Waals surface area contributed by atoms with Gasteiger partial charge in [0.15, 0.2) is 0 Å². The van der Waals surface area contributed by atoms with Crippen LogP contribution in [0.25, 0.3) is 0 Å². The quantitative estimate of drug-likeness (QED) is 0.422. The van der Waals surface area contributed by atoms with Crippen molar-refractivity contribution in [3.63, 3.8) is 0 Å². The minimum Gasteiger partial charge on any atom is -0.492 e. The van der Waals surface area contributed by atoms with Crippen LogP contribution in [0.1, 0.15) is 51.2 Å². The first-order valence-corrected chi connectivity index (χ1v) is 9.46. The maximum atomic E-state index is 14.2. The molecule has 1 aliphatic rings. The van der Waals surface area contributed by atoms with Crippen LogP contribution in [0.5, 0.6) is 5.75 Å². The molecule has 1 aliphatic carbocycles. The molecule has 1 unspecified atom stereocenters. The lowest BCUT2D eigenvalue weighted by Gasteiger charge is -2.22. The van der Waals surface area contributed by atoms with E-state index in [0.717, 1.165) is 27.6 Å². The van der Waals surface area contributed by atoms with Gasteiger partial charge in [-0.05, 0) is 52.1 Å². The molecule has 1 aromatic carbocycles. The van der Waals surface area contributed by atoms with Crippen molar-refractivity contribution in [2.45, 2.75) is 59.2 Å². The van der Waals surface area contributed by atoms with Gasteiger partial charge < -0.3 is 9.47 Å². The van der Waals surface area contributed by atoms with Crippen LogP contribution in [-0.4, -0.2) is 12.1 Å². The highest BCUT2D eigenvalue weighted by molar-refractivity contribution is 9.11. The van der Waals surface area contributed by atoms with E-state index in [1.165, 1.54) is 0 Å². The Balaban J connectivity index is 2.22. The number of aryl methyl sites for hydroxylation is 1. The van der Waals surface area contributed by atoms with Gasteiger partial charge in [-0.3, -0.25) is 4.79 Å². The van der Waals surface area contributed by atoms with Crippen molar-refractivity contribution < 1.29 is 18.7 Å². The first kappa shape index (κ1) is 19.7. The number of carbonyl (C=O) groups is 1. The number of esters is 1. The van der Waals surface area contributed by atoms with Crippen molar-refractivity contribution in [1.82, 2.24) is 0 Å². The number of rotatable bonds is 7. The highest BCUT2D eigenvalue weighted by Crippen LogP contribution is 2.34. The summed E-state index contributed by atoms with van der Waals surface area (Å²) in [7, 11) is 0. The minimum atomic E-state index is -1.01. The molecule has 2 rings (SSSR count). The third-order valence-corrected chi connectivity index (χ3v) is 4.94. The molecule has 0 aliphatic heterocycles. The fourth-order valence-corrected chi connectivity index (χ4v) is 3.30. The Kier molecular flexibility index (Phi) is 7.24. The summed E-state index contributed by atoms with van der Waals surface area (Å²) in [4.78, 5) is 11.7. The second-order valence-corrected chi connectivity index (χ2v) is 6.73. The summed E-state index contributed by atoms with van der Waals surface area (Å²) < 4.78 is 26.3. The highest BCUT2D eigenvalue weighted by atomic mass is 79.9. The van der Waals surface area contributed by atoms with Gasteiger partial charge in [-0.15, -0.1) is 0 Å². The van der Waals surface area contributed by atoms with Gasteiger partial charge in [-0.1, -0.05) is 32.9 Å². The van der Waals surface area contributed by atoms with Crippen molar-refractivity contribution in [2.24, 2.45) is 0 Å². The van der Waals surface area contributed by atoms with Gasteiger partial charge in [0.2, 0.25) is 0 Å². The van der Waals surface area contributed by atoms with Crippen LogP contribution in [0.4, 0.5) is 4.39 Å². The zero-order valence-electron chi connectivity index (χ0n) is 14.9. The van der Waals surface area contributed by atoms with Crippen LogP contribution in [-0.2, 0) is 22.6 Å². The van der Waals surface area contributed by atoms with E-state index in [1.807, 2.05) is 26.0 Å². The Hall–Kier alpha value is -1.62. The van der Waals surface area contributed by atoms with E-state index in [1.54, 1.807) is 19.1 Å². The molecule has 0 N–H and O–H groups in total. The summed E-state index contributed by atoms with van der Waals surface area (Å²) in [6.07, 6.45) is 2.79. The zero-order chi connectivity index (χ0) is 18.4. The van der Waals surface area contributed by atoms with E-state index in [4.69, 9.17) is 9.47 Å². The monoisotopic (exact) mass is 410 g/mol. The van der Waals surface area contributed by atoms with E-state index in [0.29, 0.717) is 24.4 Å². The summed E-state index contributed by atoms with van der Waals surface area (Å²) in [5, 5.41) is 0. The van der Waals surface area contributed by atoms with Crippen molar-refractivity contribution in [3.05, 3.63) is 51.2 Å². The minimum absolute atomic E-state index is 0.221. The number of carbonyl (C=O) groups excluding carboxylic acids is 1. The van der Waals surface area contributed by atoms with Gasteiger partial charge in [0, 0.05) is 18.4 Å². The third kappa shape index (κ3) is 4.94. The summed E-state index contributed by atoms with van der Waals surface area (Å²) in [5.74, 6) is 0.815. The van der Waals surface area contributed by atoms with Gasteiger partial charge in [-0.25, -0.2) is 4.39 Å². The van der Waals surface area contributed by atoms with Crippen LogP contribution in [0.15, 0.2) is 40.1 Å². The van der Waals surface area contributed by atoms with E-state index in [9.17, 15) is 9.18 Å². The Morgan fingerprint density at radius 2 is 2.04 bits per heavy atom. The lowest BCUT2D eigenvalue weighted by atomic mass is 9.99. The van der Waals surface area contributed by atoms with Crippen LogP contribution in [0, 0.1) is 0 Å². The molecular weight excluding hydrogens is 387 g/mol. The second-order valence-electron chi connectivity index (χ2n) is 5.88. The molecule has 0 saturated heterocycles. The molecule has 1 atom stereocenters. The maximum Gasteiger partial charge on any atom is 0.310 e. The number of hydrogen-bond donors (Lipinski definition) is 0.